The second kappa shape index (κ2) is 15.1. The van der Waals surface area contributed by atoms with Gasteiger partial charge in [0, 0.05) is 64.8 Å². The molecule has 0 amide bonds. The summed E-state index contributed by atoms with van der Waals surface area (Å²) in [6, 6.07) is 0. The van der Waals surface area contributed by atoms with Crippen molar-refractivity contribution in [3.63, 3.8) is 0 Å². The zero-order valence-electron chi connectivity index (χ0n) is 11.1. The van der Waals surface area contributed by atoms with Gasteiger partial charge in [0.05, 0.1) is 6.10 Å². The van der Waals surface area contributed by atoms with Crippen LogP contribution in [0.2, 0.25) is 0 Å². The van der Waals surface area contributed by atoms with Crippen molar-refractivity contribution in [2.24, 2.45) is 5.73 Å². The summed E-state index contributed by atoms with van der Waals surface area (Å²) < 4.78 is 0. The van der Waals surface area contributed by atoms with Crippen molar-refractivity contribution in [3.05, 3.63) is 0 Å². The van der Waals surface area contributed by atoms with Crippen molar-refractivity contribution >= 4 is 11.6 Å². The molecule has 0 heterocycles. The highest BCUT2D eigenvalue weighted by Crippen LogP contribution is 1.83. The van der Waals surface area contributed by atoms with Gasteiger partial charge in [-0.3, -0.25) is 0 Å². The summed E-state index contributed by atoms with van der Waals surface area (Å²) in [5, 5.41) is 22.1. The van der Waals surface area contributed by atoms with Gasteiger partial charge in [-0.15, -0.1) is 11.6 Å². The van der Waals surface area contributed by atoms with Gasteiger partial charge in [-0.2, -0.15) is 0 Å². The minimum atomic E-state index is -0.450. The first-order valence-electron chi connectivity index (χ1n) is 6.58. The lowest BCUT2D eigenvalue weighted by Gasteiger charge is -2.10. The quantitative estimate of drug-likeness (QED) is 0.161. The van der Waals surface area contributed by atoms with E-state index in [4.69, 9.17) is 17.3 Å². The number of nitrogens with two attached hydrogens (primary N) is 1. The summed E-state index contributed by atoms with van der Waals surface area (Å²) in [5.41, 5.74) is 5.35. The average molecular weight is 282 g/mol. The van der Waals surface area contributed by atoms with Crippen LogP contribution in [0.15, 0.2) is 0 Å². The molecule has 0 aromatic carbocycles. The zero-order chi connectivity index (χ0) is 13.5. The Morgan fingerprint density at radius 1 is 0.833 bits per heavy atom. The van der Waals surface area contributed by atoms with Gasteiger partial charge in [-0.1, -0.05) is 0 Å². The maximum absolute atomic E-state index is 9.18. The Bertz CT molecular complexity index is 164. The summed E-state index contributed by atoms with van der Waals surface area (Å²) in [6.45, 7) is 7.65. The Hall–Kier alpha value is 0.0500. The molecule has 0 aromatic rings. The van der Waals surface area contributed by atoms with Gasteiger partial charge in [-0.05, 0) is 0 Å². The third-order valence-electron chi connectivity index (χ3n) is 2.31. The standard InChI is InChI=1S/C11H28ClN5O/c12-9-11(18)10-17-8-7-16-6-5-15-4-3-14-2-1-13/h11,14-18H,1-10,13H2. The molecule has 0 bridgehead atoms. The third-order valence-corrected chi connectivity index (χ3v) is 2.67. The van der Waals surface area contributed by atoms with Crippen molar-refractivity contribution in [1.29, 1.82) is 0 Å². The van der Waals surface area contributed by atoms with Crippen LogP contribution < -0.4 is 27.0 Å². The largest absolute Gasteiger partial charge is 0.391 e. The maximum Gasteiger partial charge on any atom is 0.0799 e. The van der Waals surface area contributed by atoms with Gasteiger partial charge in [-0.25, -0.2) is 0 Å². The molecule has 0 aliphatic rings. The first-order valence-corrected chi connectivity index (χ1v) is 7.11. The van der Waals surface area contributed by atoms with E-state index in [2.05, 4.69) is 21.3 Å². The van der Waals surface area contributed by atoms with E-state index in [0.29, 0.717) is 13.1 Å². The van der Waals surface area contributed by atoms with E-state index in [1.54, 1.807) is 0 Å². The first-order chi connectivity index (χ1) is 8.81. The van der Waals surface area contributed by atoms with Gasteiger partial charge in [0.1, 0.15) is 0 Å². The summed E-state index contributed by atoms with van der Waals surface area (Å²) in [6.07, 6.45) is -0.450. The number of hydrogen-bond donors (Lipinski definition) is 6. The van der Waals surface area contributed by atoms with Gasteiger partial charge in [0.25, 0.3) is 0 Å². The SMILES string of the molecule is NCCNCCNCCNCCNCC(O)CCl. The summed E-state index contributed by atoms with van der Waals surface area (Å²) in [4.78, 5) is 0. The molecule has 1 unspecified atom stereocenters. The highest BCUT2D eigenvalue weighted by Gasteiger charge is 1.99. The molecule has 0 radical (unpaired) electrons. The van der Waals surface area contributed by atoms with E-state index < -0.39 is 6.10 Å². The van der Waals surface area contributed by atoms with Gasteiger partial charge in [0.2, 0.25) is 0 Å². The highest BCUT2D eigenvalue weighted by molar-refractivity contribution is 6.18. The van der Waals surface area contributed by atoms with Gasteiger partial charge < -0.3 is 32.1 Å². The number of alkyl halides is 1. The van der Waals surface area contributed by atoms with E-state index >= 15 is 0 Å². The molecule has 0 rings (SSSR count). The molecule has 18 heavy (non-hydrogen) atoms. The van der Waals surface area contributed by atoms with E-state index in [1.807, 2.05) is 0 Å². The Kier molecular flexibility index (Phi) is 15.2. The molecule has 0 aliphatic heterocycles. The Morgan fingerprint density at radius 3 is 1.72 bits per heavy atom. The van der Waals surface area contributed by atoms with Crippen molar-refractivity contribution in [3.8, 4) is 0 Å². The highest BCUT2D eigenvalue weighted by atomic mass is 35.5. The predicted octanol–water partition coefficient (Wildman–Crippen LogP) is -2.10. The lowest BCUT2D eigenvalue weighted by atomic mass is 10.4. The molecule has 7 N–H and O–H groups in total. The monoisotopic (exact) mass is 281 g/mol. The van der Waals surface area contributed by atoms with Crippen LogP contribution in [0.4, 0.5) is 0 Å². The van der Waals surface area contributed by atoms with Crippen LogP contribution >= 0.6 is 11.6 Å². The molecule has 0 saturated heterocycles. The Labute approximate surface area is 115 Å². The number of hydrogen-bond acceptors (Lipinski definition) is 6. The molecular formula is C11H28ClN5O. The van der Waals surface area contributed by atoms with Gasteiger partial charge in [0.15, 0.2) is 0 Å². The van der Waals surface area contributed by atoms with Crippen LogP contribution in [-0.4, -0.2) is 76.0 Å². The lowest BCUT2D eigenvalue weighted by Crippen LogP contribution is -2.37. The number of aliphatic hydroxyl groups excluding tert-OH is 1. The molecule has 0 fully saturated rings. The molecule has 0 saturated carbocycles. The molecule has 6 nitrogen and oxygen atoms in total. The normalized spacial score (nSPS) is 12.8. The minimum absolute atomic E-state index is 0.280. The second-order valence-corrected chi connectivity index (χ2v) is 4.36. The molecule has 0 aliphatic carbocycles. The number of rotatable bonds is 14. The van der Waals surface area contributed by atoms with Crippen molar-refractivity contribution in [2.45, 2.75) is 6.10 Å². The van der Waals surface area contributed by atoms with Crippen molar-refractivity contribution in [1.82, 2.24) is 21.3 Å². The maximum atomic E-state index is 9.18. The van der Waals surface area contributed by atoms with E-state index in [1.165, 1.54) is 0 Å². The number of halogens is 1. The number of aliphatic hydroxyl groups is 1. The van der Waals surface area contributed by atoms with Crippen molar-refractivity contribution in [2.75, 3.05) is 64.8 Å². The first kappa shape index (κ1) is 18.0. The van der Waals surface area contributed by atoms with E-state index in [9.17, 15) is 5.11 Å². The number of nitrogens with one attached hydrogen (secondary N) is 4. The molecule has 1 atom stereocenters. The van der Waals surface area contributed by atoms with Gasteiger partial charge >= 0.3 is 0 Å². The summed E-state index contributed by atoms with van der Waals surface area (Å²) >= 11 is 5.47. The van der Waals surface area contributed by atoms with Crippen LogP contribution in [0.3, 0.4) is 0 Å². The fraction of sp³-hybridized carbons (Fsp3) is 1.00. The van der Waals surface area contributed by atoms with E-state index in [0.717, 1.165) is 45.8 Å². The Morgan fingerprint density at radius 2 is 1.28 bits per heavy atom. The lowest BCUT2D eigenvalue weighted by molar-refractivity contribution is 0.195. The molecule has 7 heteroatoms. The Balaban J connectivity index is 2.94. The minimum Gasteiger partial charge on any atom is -0.391 e. The topological polar surface area (TPSA) is 94.4 Å². The summed E-state index contributed by atoms with van der Waals surface area (Å²) in [5.74, 6) is 0.280. The fourth-order valence-corrected chi connectivity index (χ4v) is 1.44. The smallest absolute Gasteiger partial charge is 0.0799 e. The zero-order valence-corrected chi connectivity index (χ0v) is 11.8. The van der Waals surface area contributed by atoms with Crippen LogP contribution in [0.5, 0.6) is 0 Å². The van der Waals surface area contributed by atoms with Crippen LogP contribution in [0.1, 0.15) is 0 Å². The van der Waals surface area contributed by atoms with Crippen molar-refractivity contribution < 1.29 is 5.11 Å². The molecule has 110 valence electrons. The molecule has 0 aromatic heterocycles. The summed E-state index contributed by atoms with van der Waals surface area (Å²) in [7, 11) is 0. The fourth-order valence-electron chi connectivity index (χ4n) is 1.33. The van der Waals surface area contributed by atoms with Crippen LogP contribution in [0, 0.1) is 0 Å². The second-order valence-electron chi connectivity index (χ2n) is 4.05. The average Bonchev–Trinajstić information content (AvgIpc) is 2.39. The van der Waals surface area contributed by atoms with E-state index in [-0.39, 0.29) is 5.88 Å². The predicted molar refractivity (Wildman–Crippen MR) is 77.3 cm³/mol. The van der Waals surface area contributed by atoms with Crippen LogP contribution in [-0.2, 0) is 0 Å². The third kappa shape index (κ3) is 14.1. The molecule has 0 spiro atoms. The van der Waals surface area contributed by atoms with Crippen LogP contribution in [0.25, 0.3) is 0 Å². The molecular weight excluding hydrogens is 254 g/mol.